The monoisotopic (exact) mass is 562 g/mol. The molecule has 0 aromatic heterocycles. The van der Waals surface area contributed by atoms with Crippen LogP contribution in [0.1, 0.15) is 34.7 Å². The molecule has 3 fully saturated rings. The van der Waals surface area contributed by atoms with Crippen LogP contribution in [-0.2, 0) is 19.1 Å². The van der Waals surface area contributed by atoms with Crippen LogP contribution in [0, 0.1) is 23.7 Å². The lowest BCUT2D eigenvalue weighted by Crippen LogP contribution is -2.33. The third-order valence-corrected chi connectivity index (χ3v) is 8.69. The van der Waals surface area contributed by atoms with Crippen molar-refractivity contribution in [3.63, 3.8) is 0 Å². The number of rotatable bonds is 6. The SMILES string of the molecule is O=C(COC(=O)c1ccc(N2C(=O)[C@@H]3[C@@H]4C[C@@H]([C@H]3C2=O)[C@H](c2ccccc2)C4)cc1)Nc1ccc(Cl)cc1Cl. The number of carbonyl (C=O) groups is 4. The fourth-order valence-corrected chi connectivity index (χ4v) is 6.99. The zero-order valence-corrected chi connectivity index (χ0v) is 22.2. The Bertz CT molecular complexity index is 1480. The van der Waals surface area contributed by atoms with Crippen LogP contribution in [0.25, 0.3) is 0 Å². The van der Waals surface area contributed by atoms with Gasteiger partial charge in [-0.1, -0.05) is 53.5 Å². The number of nitrogens with zero attached hydrogens (tertiary/aromatic N) is 1. The van der Waals surface area contributed by atoms with Gasteiger partial charge < -0.3 is 10.1 Å². The molecule has 3 aliphatic rings. The Morgan fingerprint density at radius 2 is 1.62 bits per heavy atom. The second-order valence-corrected chi connectivity index (χ2v) is 11.1. The van der Waals surface area contributed by atoms with Gasteiger partial charge >= 0.3 is 5.97 Å². The van der Waals surface area contributed by atoms with E-state index in [0.717, 1.165) is 12.8 Å². The first kappa shape index (κ1) is 25.6. The number of hydrogen-bond donors (Lipinski definition) is 1. The minimum Gasteiger partial charge on any atom is -0.452 e. The minimum absolute atomic E-state index is 0.156. The third kappa shape index (κ3) is 4.60. The van der Waals surface area contributed by atoms with E-state index >= 15 is 0 Å². The molecule has 9 heteroatoms. The van der Waals surface area contributed by atoms with Gasteiger partial charge in [-0.15, -0.1) is 0 Å². The minimum atomic E-state index is -0.710. The van der Waals surface area contributed by atoms with Crippen molar-refractivity contribution in [1.29, 1.82) is 0 Å². The quantitative estimate of drug-likeness (QED) is 0.306. The lowest BCUT2D eigenvalue weighted by molar-refractivity contribution is -0.123. The average molecular weight is 563 g/mol. The molecule has 7 nitrogen and oxygen atoms in total. The summed E-state index contributed by atoms with van der Waals surface area (Å²) in [6.07, 6.45) is 1.83. The van der Waals surface area contributed by atoms with E-state index < -0.39 is 18.5 Å². The summed E-state index contributed by atoms with van der Waals surface area (Å²) in [5.41, 5.74) is 2.20. The van der Waals surface area contributed by atoms with Gasteiger partial charge in [0, 0.05) is 5.02 Å². The molecular weight excluding hydrogens is 539 g/mol. The lowest BCUT2D eigenvalue weighted by Gasteiger charge is -2.28. The van der Waals surface area contributed by atoms with Gasteiger partial charge in [-0.2, -0.15) is 0 Å². The highest BCUT2D eigenvalue weighted by molar-refractivity contribution is 6.36. The Labute approximate surface area is 235 Å². The van der Waals surface area contributed by atoms with E-state index in [0.29, 0.717) is 22.3 Å². The Hall–Kier alpha value is -3.68. The van der Waals surface area contributed by atoms with Crippen molar-refractivity contribution in [3.05, 3.63) is 94.0 Å². The summed E-state index contributed by atoms with van der Waals surface area (Å²) in [6.45, 7) is -0.517. The maximum atomic E-state index is 13.5. The van der Waals surface area contributed by atoms with Crippen LogP contribution in [0.2, 0.25) is 10.0 Å². The predicted molar refractivity (Wildman–Crippen MR) is 147 cm³/mol. The fourth-order valence-electron chi connectivity index (χ4n) is 6.54. The van der Waals surface area contributed by atoms with Gasteiger partial charge in [-0.05, 0) is 78.6 Å². The van der Waals surface area contributed by atoms with E-state index in [9.17, 15) is 19.2 Å². The van der Waals surface area contributed by atoms with Crippen molar-refractivity contribution in [3.8, 4) is 0 Å². The Morgan fingerprint density at radius 1 is 0.897 bits per heavy atom. The molecule has 1 N–H and O–H groups in total. The largest absolute Gasteiger partial charge is 0.452 e. The number of imide groups is 1. The molecule has 5 atom stereocenters. The molecule has 0 radical (unpaired) electrons. The summed E-state index contributed by atoms with van der Waals surface area (Å²) in [5, 5.41) is 3.25. The summed E-state index contributed by atoms with van der Waals surface area (Å²) in [6, 6.07) is 20.9. The van der Waals surface area contributed by atoms with E-state index in [2.05, 4.69) is 17.4 Å². The molecule has 2 bridgehead atoms. The van der Waals surface area contributed by atoms with E-state index in [1.807, 2.05) is 18.2 Å². The number of nitrogens with one attached hydrogen (secondary N) is 1. The van der Waals surface area contributed by atoms with Gasteiger partial charge in [0.2, 0.25) is 11.8 Å². The van der Waals surface area contributed by atoms with Crippen molar-refractivity contribution in [2.75, 3.05) is 16.8 Å². The zero-order valence-electron chi connectivity index (χ0n) is 20.7. The van der Waals surface area contributed by atoms with Crippen LogP contribution in [0.15, 0.2) is 72.8 Å². The summed E-state index contributed by atoms with van der Waals surface area (Å²) < 4.78 is 5.12. The van der Waals surface area contributed by atoms with Gasteiger partial charge in [0.15, 0.2) is 6.61 Å². The van der Waals surface area contributed by atoms with Crippen molar-refractivity contribution < 1.29 is 23.9 Å². The van der Waals surface area contributed by atoms with Gasteiger partial charge in [0.1, 0.15) is 0 Å². The number of carbonyl (C=O) groups excluding carboxylic acids is 4. The highest BCUT2D eigenvalue weighted by atomic mass is 35.5. The molecule has 6 rings (SSSR count). The number of anilines is 2. The average Bonchev–Trinajstić information content (AvgIpc) is 3.61. The van der Waals surface area contributed by atoms with Gasteiger partial charge in [-0.3, -0.25) is 19.3 Å². The second-order valence-electron chi connectivity index (χ2n) is 10.3. The van der Waals surface area contributed by atoms with Crippen LogP contribution in [0.3, 0.4) is 0 Å². The molecule has 3 aromatic carbocycles. The molecule has 198 valence electrons. The maximum Gasteiger partial charge on any atom is 0.338 e. The lowest BCUT2D eigenvalue weighted by atomic mass is 9.73. The Kier molecular flexibility index (Phi) is 6.65. The molecule has 0 unspecified atom stereocenters. The van der Waals surface area contributed by atoms with E-state index in [-0.39, 0.29) is 46.1 Å². The fraction of sp³-hybridized carbons (Fsp3) is 0.267. The number of hydrogen-bond acceptors (Lipinski definition) is 5. The van der Waals surface area contributed by atoms with E-state index in [4.69, 9.17) is 27.9 Å². The highest BCUT2D eigenvalue weighted by Gasteiger charge is 2.64. The highest BCUT2D eigenvalue weighted by Crippen LogP contribution is 2.61. The Morgan fingerprint density at radius 3 is 2.33 bits per heavy atom. The van der Waals surface area contributed by atoms with Crippen molar-refractivity contribution in [2.24, 2.45) is 23.7 Å². The number of esters is 1. The molecule has 1 saturated heterocycles. The molecule has 1 heterocycles. The molecule has 0 spiro atoms. The Balaban J connectivity index is 1.10. The number of fused-ring (bicyclic) bond motifs is 5. The van der Waals surface area contributed by atoms with Crippen LogP contribution < -0.4 is 10.2 Å². The van der Waals surface area contributed by atoms with Gasteiger partial charge in [0.05, 0.1) is 33.8 Å². The first-order chi connectivity index (χ1) is 18.8. The van der Waals surface area contributed by atoms with Crippen molar-refractivity contribution >= 4 is 58.3 Å². The zero-order chi connectivity index (χ0) is 27.3. The molecule has 3 amide bonds. The van der Waals surface area contributed by atoms with Crippen molar-refractivity contribution in [2.45, 2.75) is 18.8 Å². The van der Waals surface area contributed by atoms with Crippen LogP contribution in [-0.4, -0.2) is 30.3 Å². The van der Waals surface area contributed by atoms with E-state index in [1.54, 1.807) is 24.3 Å². The molecule has 2 aliphatic carbocycles. The molecule has 2 saturated carbocycles. The molecular formula is C30H24Cl2N2O5. The van der Waals surface area contributed by atoms with Crippen LogP contribution >= 0.6 is 23.2 Å². The molecule has 39 heavy (non-hydrogen) atoms. The summed E-state index contributed by atoms with van der Waals surface area (Å²) in [7, 11) is 0. The number of ether oxygens (including phenoxy) is 1. The van der Waals surface area contributed by atoms with Crippen LogP contribution in [0.5, 0.6) is 0 Å². The summed E-state index contributed by atoms with van der Waals surface area (Å²) >= 11 is 11.9. The normalized spacial score (nSPS) is 25.1. The number of halogens is 2. The van der Waals surface area contributed by atoms with Gasteiger partial charge in [0.25, 0.3) is 5.91 Å². The van der Waals surface area contributed by atoms with Crippen LogP contribution in [0.4, 0.5) is 11.4 Å². The smallest absolute Gasteiger partial charge is 0.338 e. The van der Waals surface area contributed by atoms with Crippen molar-refractivity contribution in [1.82, 2.24) is 0 Å². The molecule has 3 aromatic rings. The predicted octanol–water partition coefficient (Wildman–Crippen LogP) is 5.72. The first-order valence-electron chi connectivity index (χ1n) is 12.8. The summed E-state index contributed by atoms with van der Waals surface area (Å²) in [5.74, 6) is -1.52. The third-order valence-electron chi connectivity index (χ3n) is 8.14. The standard InChI is InChI=1S/C30H24Cl2N2O5/c31-19-8-11-24(23(32)14-19)33-25(35)15-39-30(38)17-6-9-20(10-7-17)34-28(36)26-18-12-21(16-4-2-1-3-5-16)22(13-18)27(26)29(34)37/h1-11,14,18,21-22,26-27H,12-13,15H2,(H,33,35)/t18-,21-,22+,26+,27+/m0/s1. The van der Waals surface area contributed by atoms with Gasteiger partial charge in [-0.25, -0.2) is 4.79 Å². The first-order valence-corrected chi connectivity index (χ1v) is 13.5. The topological polar surface area (TPSA) is 92.8 Å². The molecule has 1 aliphatic heterocycles. The number of amides is 3. The number of benzene rings is 3. The second kappa shape index (κ2) is 10.1. The maximum absolute atomic E-state index is 13.5. The summed E-state index contributed by atoms with van der Waals surface area (Å²) in [4.78, 5) is 52.9. The van der Waals surface area contributed by atoms with E-state index in [1.165, 1.54) is 28.7 Å².